The summed E-state index contributed by atoms with van der Waals surface area (Å²) in [6, 6.07) is 9.22. The van der Waals surface area contributed by atoms with Gasteiger partial charge in [0, 0.05) is 43.6 Å². The standard InChI is InChI=1S/C15H20N2O/c16-13-9-15(7-8-17(10-15)11-5-6-11)18-14-4-2-1-3-12(13)14/h1-4,11,13H,5-10,16H2/t13-,15?/m0/s1. The summed E-state index contributed by atoms with van der Waals surface area (Å²) >= 11 is 0. The van der Waals surface area contributed by atoms with Crippen LogP contribution in [0.2, 0.25) is 0 Å². The lowest BCUT2D eigenvalue weighted by molar-refractivity contribution is 0.0433. The molecule has 2 atom stereocenters. The molecule has 2 aliphatic heterocycles. The van der Waals surface area contributed by atoms with Gasteiger partial charge in [0.25, 0.3) is 0 Å². The number of hydrogen-bond donors (Lipinski definition) is 1. The number of para-hydroxylation sites is 1. The molecule has 96 valence electrons. The van der Waals surface area contributed by atoms with Gasteiger partial charge in [0.1, 0.15) is 11.4 Å². The first kappa shape index (κ1) is 10.8. The maximum absolute atomic E-state index is 6.34. The Balaban J connectivity index is 1.61. The van der Waals surface area contributed by atoms with Crippen LogP contribution in [0, 0.1) is 0 Å². The van der Waals surface area contributed by atoms with Crippen LogP contribution in [0.25, 0.3) is 0 Å². The molecular formula is C15H20N2O. The van der Waals surface area contributed by atoms with Gasteiger partial charge in [0.05, 0.1) is 0 Å². The Labute approximate surface area is 108 Å². The van der Waals surface area contributed by atoms with Crippen molar-refractivity contribution in [3.8, 4) is 5.75 Å². The fraction of sp³-hybridized carbons (Fsp3) is 0.600. The third-order valence-electron chi connectivity index (χ3n) is 4.65. The number of rotatable bonds is 1. The van der Waals surface area contributed by atoms with Crippen molar-refractivity contribution in [3.05, 3.63) is 29.8 Å². The molecule has 2 heterocycles. The normalized spacial score (nSPS) is 35.5. The van der Waals surface area contributed by atoms with E-state index in [4.69, 9.17) is 10.5 Å². The van der Waals surface area contributed by atoms with E-state index in [0.29, 0.717) is 0 Å². The molecule has 0 bridgehead atoms. The van der Waals surface area contributed by atoms with Crippen molar-refractivity contribution in [3.63, 3.8) is 0 Å². The van der Waals surface area contributed by atoms with Crippen molar-refractivity contribution < 1.29 is 4.74 Å². The van der Waals surface area contributed by atoms with Gasteiger partial charge in [-0.25, -0.2) is 0 Å². The molecule has 2 N–H and O–H groups in total. The van der Waals surface area contributed by atoms with Gasteiger partial charge >= 0.3 is 0 Å². The molecular weight excluding hydrogens is 224 g/mol. The highest BCUT2D eigenvalue weighted by Crippen LogP contribution is 2.44. The van der Waals surface area contributed by atoms with Gasteiger partial charge in [0.2, 0.25) is 0 Å². The highest BCUT2D eigenvalue weighted by atomic mass is 16.5. The van der Waals surface area contributed by atoms with Crippen molar-refractivity contribution in [1.82, 2.24) is 4.90 Å². The summed E-state index contributed by atoms with van der Waals surface area (Å²) in [5.74, 6) is 1.01. The van der Waals surface area contributed by atoms with E-state index in [-0.39, 0.29) is 11.6 Å². The fourth-order valence-electron chi connectivity index (χ4n) is 3.54. The summed E-state index contributed by atoms with van der Waals surface area (Å²) in [6.45, 7) is 2.25. The third-order valence-corrected chi connectivity index (χ3v) is 4.65. The quantitative estimate of drug-likeness (QED) is 0.822. The Morgan fingerprint density at radius 3 is 2.94 bits per heavy atom. The smallest absolute Gasteiger partial charge is 0.125 e. The number of nitrogens with two attached hydrogens (primary N) is 1. The zero-order valence-electron chi connectivity index (χ0n) is 10.6. The molecule has 1 saturated heterocycles. The van der Waals surface area contributed by atoms with Gasteiger partial charge in [-0.1, -0.05) is 18.2 Å². The van der Waals surface area contributed by atoms with Crippen LogP contribution in [0.15, 0.2) is 24.3 Å². The lowest BCUT2D eigenvalue weighted by Gasteiger charge is -2.38. The largest absolute Gasteiger partial charge is 0.485 e. The molecule has 2 fully saturated rings. The maximum atomic E-state index is 6.34. The summed E-state index contributed by atoms with van der Waals surface area (Å²) in [5.41, 5.74) is 7.50. The Hall–Kier alpha value is -1.06. The Morgan fingerprint density at radius 1 is 1.28 bits per heavy atom. The zero-order valence-corrected chi connectivity index (χ0v) is 10.6. The molecule has 3 heteroatoms. The molecule has 1 unspecified atom stereocenters. The van der Waals surface area contributed by atoms with Gasteiger partial charge in [-0.05, 0) is 18.9 Å². The summed E-state index contributed by atoms with van der Waals surface area (Å²) < 4.78 is 6.34. The number of benzene rings is 1. The van der Waals surface area contributed by atoms with Gasteiger partial charge in [-0.2, -0.15) is 0 Å². The van der Waals surface area contributed by atoms with Crippen molar-refractivity contribution in [1.29, 1.82) is 0 Å². The minimum absolute atomic E-state index is 0.0175. The average Bonchev–Trinajstić information content (AvgIpc) is 3.14. The van der Waals surface area contributed by atoms with Gasteiger partial charge < -0.3 is 10.5 Å². The highest BCUT2D eigenvalue weighted by molar-refractivity contribution is 5.39. The number of likely N-dealkylation sites (tertiary alicyclic amines) is 1. The molecule has 0 amide bonds. The topological polar surface area (TPSA) is 38.5 Å². The van der Waals surface area contributed by atoms with Crippen LogP contribution in [-0.2, 0) is 0 Å². The third kappa shape index (κ3) is 1.65. The molecule has 0 radical (unpaired) electrons. The predicted molar refractivity (Wildman–Crippen MR) is 70.6 cm³/mol. The molecule has 1 aromatic carbocycles. The van der Waals surface area contributed by atoms with Crippen molar-refractivity contribution in [2.45, 2.75) is 43.4 Å². The summed E-state index contributed by atoms with van der Waals surface area (Å²) in [7, 11) is 0. The number of nitrogens with zero attached hydrogens (tertiary/aromatic N) is 1. The van der Waals surface area contributed by atoms with E-state index in [1.54, 1.807) is 0 Å². The SMILES string of the molecule is N[C@H]1CC2(CCN(C3CC3)C2)Oc2ccccc21. The van der Waals surface area contributed by atoms with Crippen molar-refractivity contribution >= 4 is 0 Å². The van der Waals surface area contributed by atoms with Crippen molar-refractivity contribution in [2.24, 2.45) is 5.73 Å². The molecule has 0 aromatic heterocycles. The van der Waals surface area contributed by atoms with Crippen LogP contribution < -0.4 is 10.5 Å². The second-order valence-electron chi connectivity index (χ2n) is 6.09. The van der Waals surface area contributed by atoms with E-state index in [9.17, 15) is 0 Å². The lowest BCUT2D eigenvalue weighted by Crippen LogP contribution is -2.45. The molecule has 3 aliphatic rings. The van der Waals surface area contributed by atoms with E-state index in [1.807, 2.05) is 12.1 Å². The van der Waals surface area contributed by atoms with Crippen LogP contribution in [0.3, 0.4) is 0 Å². The molecule has 18 heavy (non-hydrogen) atoms. The average molecular weight is 244 g/mol. The van der Waals surface area contributed by atoms with Gasteiger partial charge in [-0.3, -0.25) is 4.90 Å². The van der Waals surface area contributed by atoms with E-state index in [0.717, 1.165) is 31.2 Å². The minimum atomic E-state index is -0.0175. The van der Waals surface area contributed by atoms with E-state index < -0.39 is 0 Å². The molecule has 1 saturated carbocycles. The molecule has 4 rings (SSSR count). The molecule has 1 spiro atoms. The van der Waals surface area contributed by atoms with Crippen LogP contribution >= 0.6 is 0 Å². The second kappa shape index (κ2) is 3.72. The van der Waals surface area contributed by atoms with Crippen LogP contribution in [0.5, 0.6) is 5.75 Å². The lowest BCUT2D eigenvalue weighted by atomic mass is 9.87. The molecule has 1 aromatic rings. The first-order chi connectivity index (χ1) is 8.76. The van der Waals surface area contributed by atoms with E-state index in [1.165, 1.54) is 24.9 Å². The van der Waals surface area contributed by atoms with Gasteiger partial charge in [-0.15, -0.1) is 0 Å². The fourth-order valence-corrected chi connectivity index (χ4v) is 3.54. The van der Waals surface area contributed by atoms with Crippen LogP contribution in [0.4, 0.5) is 0 Å². The Kier molecular flexibility index (Phi) is 2.24. The van der Waals surface area contributed by atoms with Crippen LogP contribution in [0.1, 0.15) is 37.3 Å². The molecule has 1 aliphatic carbocycles. The Morgan fingerprint density at radius 2 is 2.11 bits per heavy atom. The Bertz CT molecular complexity index is 471. The van der Waals surface area contributed by atoms with Crippen LogP contribution in [-0.4, -0.2) is 29.6 Å². The predicted octanol–water partition coefficient (Wildman–Crippen LogP) is 2.08. The first-order valence-corrected chi connectivity index (χ1v) is 7.03. The monoisotopic (exact) mass is 244 g/mol. The van der Waals surface area contributed by atoms with Crippen molar-refractivity contribution in [2.75, 3.05) is 13.1 Å². The van der Waals surface area contributed by atoms with Gasteiger partial charge in [0.15, 0.2) is 0 Å². The molecule has 3 nitrogen and oxygen atoms in total. The minimum Gasteiger partial charge on any atom is -0.485 e. The number of hydrogen-bond acceptors (Lipinski definition) is 3. The second-order valence-corrected chi connectivity index (χ2v) is 6.09. The highest BCUT2D eigenvalue weighted by Gasteiger charge is 2.48. The number of ether oxygens (including phenoxy) is 1. The first-order valence-electron chi connectivity index (χ1n) is 7.03. The number of fused-ring (bicyclic) bond motifs is 1. The van der Waals surface area contributed by atoms with E-state index >= 15 is 0 Å². The summed E-state index contributed by atoms with van der Waals surface area (Å²) in [5, 5.41) is 0. The zero-order chi connectivity index (χ0) is 12.2. The van der Waals surface area contributed by atoms with E-state index in [2.05, 4.69) is 17.0 Å². The summed E-state index contributed by atoms with van der Waals surface area (Å²) in [6.07, 6.45) is 4.84. The summed E-state index contributed by atoms with van der Waals surface area (Å²) in [4.78, 5) is 2.60. The maximum Gasteiger partial charge on any atom is 0.125 e.